The van der Waals surface area contributed by atoms with Crippen LogP contribution < -0.4 is 5.73 Å². The quantitative estimate of drug-likeness (QED) is 0.608. The first-order valence-electron chi connectivity index (χ1n) is 5.58. The lowest BCUT2D eigenvalue weighted by atomic mass is 9.70. The summed E-state index contributed by atoms with van der Waals surface area (Å²) < 4.78 is 0. The van der Waals surface area contributed by atoms with Crippen LogP contribution in [-0.2, 0) is 0 Å². The van der Waals surface area contributed by atoms with Gasteiger partial charge in [0.05, 0.1) is 0 Å². The summed E-state index contributed by atoms with van der Waals surface area (Å²) in [4.78, 5) is 0. The first-order valence-corrected chi connectivity index (χ1v) is 5.58. The molecule has 1 fully saturated rings. The third-order valence-corrected chi connectivity index (χ3v) is 3.38. The number of hydrogen-bond donors (Lipinski definition) is 1. The van der Waals surface area contributed by atoms with Crippen molar-refractivity contribution in [1.82, 2.24) is 0 Å². The van der Waals surface area contributed by atoms with Gasteiger partial charge in [-0.05, 0) is 37.6 Å². The molecule has 1 aliphatic carbocycles. The van der Waals surface area contributed by atoms with Crippen molar-refractivity contribution in [3.63, 3.8) is 0 Å². The summed E-state index contributed by atoms with van der Waals surface area (Å²) in [6, 6.07) is 0. The van der Waals surface area contributed by atoms with Crippen LogP contribution in [0.2, 0.25) is 0 Å². The largest absolute Gasteiger partial charge is 0.330 e. The number of unbranched alkanes of at least 4 members (excludes halogenated alkanes) is 2. The average Bonchev–Trinajstić information content (AvgIpc) is 2.03. The van der Waals surface area contributed by atoms with Crippen LogP contribution in [0.1, 0.15) is 51.9 Å². The molecule has 0 radical (unpaired) electrons. The van der Waals surface area contributed by atoms with Gasteiger partial charge < -0.3 is 5.73 Å². The third-order valence-electron chi connectivity index (χ3n) is 3.38. The summed E-state index contributed by atoms with van der Waals surface area (Å²) in [5.74, 6) is 2.15. The molecule has 1 aliphatic rings. The van der Waals surface area contributed by atoms with E-state index in [1.807, 2.05) is 0 Å². The monoisotopic (exact) mass is 169 g/mol. The van der Waals surface area contributed by atoms with Crippen molar-refractivity contribution in [2.24, 2.45) is 17.6 Å². The Labute approximate surface area is 76.7 Å². The van der Waals surface area contributed by atoms with Gasteiger partial charge in [-0.15, -0.1) is 0 Å². The SMILES string of the molecule is CCC1CCC1CCCCCN. The topological polar surface area (TPSA) is 26.0 Å². The van der Waals surface area contributed by atoms with Gasteiger partial charge in [-0.1, -0.05) is 32.6 Å². The maximum absolute atomic E-state index is 5.45. The van der Waals surface area contributed by atoms with E-state index in [2.05, 4.69) is 6.92 Å². The van der Waals surface area contributed by atoms with Crippen LogP contribution in [0.25, 0.3) is 0 Å². The lowest BCUT2D eigenvalue weighted by molar-refractivity contribution is 0.155. The predicted molar refractivity (Wildman–Crippen MR) is 54.0 cm³/mol. The van der Waals surface area contributed by atoms with Crippen LogP contribution in [0.5, 0.6) is 0 Å². The van der Waals surface area contributed by atoms with Gasteiger partial charge in [-0.25, -0.2) is 0 Å². The molecule has 0 aromatic rings. The van der Waals surface area contributed by atoms with E-state index >= 15 is 0 Å². The van der Waals surface area contributed by atoms with E-state index in [9.17, 15) is 0 Å². The molecule has 0 saturated heterocycles. The van der Waals surface area contributed by atoms with Gasteiger partial charge in [0, 0.05) is 0 Å². The van der Waals surface area contributed by atoms with Crippen molar-refractivity contribution in [3.05, 3.63) is 0 Å². The lowest BCUT2D eigenvalue weighted by Crippen LogP contribution is -2.24. The molecular formula is C11H23N. The molecule has 0 aromatic carbocycles. The summed E-state index contributed by atoms with van der Waals surface area (Å²) in [6.07, 6.45) is 9.87. The van der Waals surface area contributed by atoms with Crippen molar-refractivity contribution in [1.29, 1.82) is 0 Å². The highest BCUT2D eigenvalue weighted by atomic mass is 14.5. The van der Waals surface area contributed by atoms with Crippen molar-refractivity contribution < 1.29 is 0 Å². The molecule has 0 heterocycles. The van der Waals surface area contributed by atoms with E-state index in [0.717, 1.165) is 18.4 Å². The van der Waals surface area contributed by atoms with Gasteiger partial charge in [-0.3, -0.25) is 0 Å². The maximum Gasteiger partial charge on any atom is -0.00773 e. The third kappa shape index (κ3) is 2.78. The molecule has 0 bridgehead atoms. The molecule has 1 nitrogen and oxygen atoms in total. The molecule has 1 heteroatoms. The van der Waals surface area contributed by atoms with Crippen molar-refractivity contribution >= 4 is 0 Å². The fourth-order valence-corrected chi connectivity index (χ4v) is 2.28. The van der Waals surface area contributed by atoms with Gasteiger partial charge in [-0.2, -0.15) is 0 Å². The van der Waals surface area contributed by atoms with E-state index in [0.29, 0.717) is 0 Å². The molecule has 12 heavy (non-hydrogen) atoms. The van der Waals surface area contributed by atoms with E-state index in [4.69, 9.17) is 5.73 Å². The maximum atomic E-state index is 5.45. The minimum absolute atomic E-state index is 0.877. The van der Waals surface area contributed by atoms with E-state index < -0.39 is 0 Å². The highest BCUT2D eigenvalue weighted by molar-refractivity contribution is 4.79. The Hall–Kier alpha value is -0.0400. The summed E-state index contributed by atoms with van der Waals surface area (Å²) >= 11 is 0. The minimum Gasteiger partial charge on any atom is -0.330 e. The van der Waals surface area contributed by atoms with E-state index in [1.165, 1.54) is 44.9 Å². The van der Waals surface area contributed by atoms with Crippen molar-refractivity contribution in [2.45, 2.75) is 51.9 Å². The van der Waals surface area contributed by atoms with Crippen LogP contribution in [-0.4, -0.2) is 6.54 Å². The standard InChI is InChI=1S/C11H23N/c1-2-10-7-8-11(10)6-4-3-5-9-12/h10-11H,2-9,12H2,1H3. The molecular weight excluding hydrogens is 146 g/mol. The smallest absolute Gasteiger partial charge is 0.00773 e. The van der Waals surface area contributed by atoms with Crippen molar-refractivity contribution in [3.8, 4) is 0 Å². The second-order valence-electron chi connectivity index (χ2n) is 4.14. The zero-order valence-corrected chi connectivity index (χ0v) is 8.39. The predicted octanol–water partition coefficient (Wildman–Crippen LogP) is 2.94. The minimum atomic E-state index is 0.877. The highest BCUT2D eigenvalue weighted by Crippen LogP contribution is 2.39. The summed E-state index contributed by atoms with van der Waals surface area (Å²) in [7, 11) is 0. The molecule has 0 aliphatic heterocycles. The second kappa shape index (κ2) is 5.58. The van der Waals surface area contributed by atoms with E-state index in [1.54, 1.807) is 0 Å². The zero-order valence-electron chi connectivity index (χ0n) is 8.39. The zero-order chi connectivity index (χ0) is 8.81. The Morgan fingerprint density at radius 2 is 1.83 bits per heavy atom. The summed E-state index contributed by atoms with van der Waals surface area (Å²) in [5, 5.41) is 0. The number of hydrogen-bond acceptors (Lipinski definition) is 1. The average molecular weight is 169 g/mol. The first-order chi connectivity index (χ1) is 5.88. The fraction of sp³-hybridized carbons (Fsp3) is 1.00. The molecule has 2 atom stereocenters. The van der Waals surface area contributed by atoms with Gasteiger partial charge in [0.1, 0.15) is 0 Å². The Bertz CT molecular complexity index is 110. The molecule has 2 N–H and O–H groups in total. The summed E-state index contributed by atoms with van der Waals surface area (Å²) in [6.45, 7) is 3.21. The Morgan fingerprint density at radius 3 is 2.33 bits per heavy atom. The molecule has 1 rings (SSSR count). The van der Waals surface area contributed by atoms with Gasteiger partial charge in [0.15, 0.2) is 0 Å². The van der Waals surface area contributed by atoms with Crippen LogP contribution in [0.15, 0.2) is 0 Å². The highest BCUT2D eigenvalue weighted by Gasteiger charge is 2.27. The number of nitrogens with two attached hydrogens (primary N) is 1. The van der Waals surface area contributed by atoms with Gasteiger partial charge >= 0.3 is 0 Å². The van der Waals surface area contributed by atoms with Gasteiger partial charge in [0.2, 0.25) is 0 Å². The Kier molecular flexibility index (Phi) is 4.67. The molecule has 0 amide bonds. The van der Waals surface area contributed by atoms with E-state index in [-0.39, 0.29) is 0 Å². The fourth-order valence-electron chi connectivity index (χ4n) is 2.28. The normalized spacial score (nSPS) is 28.5. The van der Waals surface area contributed by atoms with Crippen LogP contribution in [0, 0.1) is 11.8 Å². The lowest BCUT2D eigenvalue weighted by Gasteiger charge is -2.36. The first kappa shape index (κ1) is 10.0. The van der Waals surface area contributed by atoms with Crippen LogP contribution in [0.4, 0.5) is 0 Å². The van der Waals surface area contributed by atoms with Crippen LogP contribution in [0.3, 0.4) is 0 Å². The Balaban J connectivity index is 1.93. The number of rotatable bonds is 6. The molecule has 0 spiro atoms. The molecule has 1 saturated carbocycles. The Morgan fingerprint density at radius 1 is 1.08 bits per heavy atom. The van der Waals surface area contributed by atoms with Gasteiger partial charge in [0.25, 0.3) is 0 Å². The molecule has 2 unspecified atom stereocenters. The summed E-state index contributed by atoms with van der Waals surface area (Å²) in [5.41, 5.74) is 5.45. The molecule has 72 valence electrons. The van der Waals surface area contributed by atoms with Crippen molar-refractivity contribution in [2.75, 3.05) is 6.54 Å². The second-order valence-corrected chi connectivity index (χ2v) is 4.14. The van der Waals surface area contributed by atoms with Crippen LogP contribution >= 0.6 is 0 Å². The molecule has 0 aromatic heterocycles.